The van der Waals surface area contributed by atoms with Crippen LogP contribution in [-0.2, 0) is 0 Å². The number of para-hydroxylation sites is 1. The summed E-state index contributed by atoms with van der Waals surface area (Å²) in [5.74, 6) is 1.47. The van der Waals surface area contributed by atoms with Crippen molar-refractivity contribution in [3.8, 4) is 0 Å². The van der Waals surface area contributed by atoms with Gasteiger partial charge >= 0.3 is 0 Å². The molecule has 0 saturated heterocycles. The Hall–Kier alpha value is -1.24. The van der Waals surface area contributed by atoms with Crippen LogP contribution >= 0.6 is 0 Å². The Morgan fingerprint density at radius 3 is 2.62 bits per heavy atom. The lowest BCUT2D eigenvalue weighted by Gasteiger charge is -2.18. The molecule has 0 bridgehead atoms. The maximum Gasteiger partial charge on any atom is 0.0352 e. The van der Waals surface area contributed by atoms with Crippen molar-refractivity contribution in [1.82, 2.24) is 0 Å². The Labute approximate surface area is 79.3 Å². The first-order chi connectivity index (χ1) is 6.38. The van der Waals surface area contributed by atoms with Crippen molar-refractivity contribution in [2.45, 2.75) is 19.3 Å². The molecule has 1 aliphatic carbocycles. The average molecular weight is 172 g/mol. The van der Waals surface area contributed by atoms with Crippen molar-refractivity contribution < 1.29 is 0 Å². The van der Waals surface area contributed by atoms with Crippen LogP contribution in [0.4, 0.5) is 5.69 Å². The van der Waals surface area contributed by atoms with E-state index in [1.807, 2.05) is 12.1 Å². The van der Waals surface area contributed by atoms with Crippen molar-refractivity contribution in [2.75, 3.05) is 5.73 Å². The molecule has 0 heterocycles. The lowest BCUT2D eigenvalue weighted by Crippen LogP contribution is -2.04. The quantitative estimate of drug-likeness (QED) is 0.511. The minimum absolute atomic E-state index is 0.910. The minimum atomic E-state index is 0.910. The molecule has 1 heteroatoms. The topological polar surface area (TPSA) is 26.0 Å². The molecule has 2 N–H and O–H groups in total. The summed E-state index contributed by atoms with van der Waals surface area (Å²) in [4.78, 5) is 0. The normalized spacial score (nSPS) is 17.5. The molecule has 0 spiro atoms. The Balaban J connectivity index is 2.24. The van der Waals surface area contributed by atoms with Gasteiger partial charge < -0.3 is 5.73 Å². The number of anilines is 1. The summed E-state index contributed by atoms with van der Waals surface area (Å²) in [6.45, 7) is 0. The Kier molecular flexibility index (Phi) is 2.35. The minimum Gasteiger partial charge on any atom is -0.398 e. The molecule has 2 rings (SSSR count). The van der Waals surface area contributed by atoms with Crippen LogP contribution in [0, 0.1) is 5.92 Å². The van der Waals surface area contributed by atoms with Gasteiger partial charge in [0.05, 0.1) is 0 Å². The molecule has 67 valence electrons. The van der Waals surface area contributed by atoms with Gasteiger partial charge in [-0.1, -0.05) is 30.4 Å². The lowest BCUT2D eigenvalue weighted by molar-refractivity contribution is 0.801. The van der Waals surface area contributed by atoms with Gasteiger partial charge in [-0.2, -0.15) is 0 Å². The fraction of sp³-hybridized carbons (Fsp3) is 0.250. The Morgan fingerprint density at radius 1 is 1.08 bits per heavy atom. The predicted molar refractivity (Wildman–Crippen MR) is 56.2 cm³/mol. The van der Waals surface area contributed by atoms with Crippen molar-refractivity contribution >= 4 is 5.69 Å². The second-order valence-corrected chi connectivity index (χ2v) is 3.41. The van der Waals surface area contributed by atoms with Crippen LogP contribution in [0.25, 0.3) is 0 Å². The molecule has 0 atom stereocenters. The summed E-state index contributed by atoms with van der Waals surface area (Å²) in [7, 11) is 0. The van der Waals surface area contributed by atoms with Crippen LogP contribution in [0.1, 0.15) is 24.8 Å². The molecule has 0 amide bonds. The number of rotatable bonds is 1. The molecule has 1 aromatic rings. The van der Waals surface area contributed by atoms with Gasteiger partial charge in [0.25, 0.3) is 0 Å². The van der Waals surface area contributed by atoms with E-state index in [1.54, 1.807) is 0 Å². The predicted octanol–water partition coefficient (Wildman–Crippen LogP) is 2.93. The van der Waals surface area contributed by atoms with E-state index < -0.39 is 0 Å². The zero-order valence-electron chi connectivity index (χ0n) is 7.66. The van der Waals surface area contributed by atoms with Gasteiger partial charge in [0, 0.05) is 11.6 Å². The van der Waals surface area contributed by atoms with E-state index in [-0.39, 0.29) is 0 Å². The van der Waals surface area contributed by atoms with Crippen LogP contribution < -0.4 is 5.73 Å². The molecule has 0 aromatic heterocycles. The number of hydrogen-bond acceptors (Lipinski definition) is 1. The Morgan fingerprint density at radius 2 is 1.92 bits per heavy atom. The molecule has 13 heavy (non-hydrogen) atoms. The number of hydrogen-bond donors (Lipinski definition) is 1. The summed E-state index contributed by atoms with van der Waals surface area (Å²) >= 11 is 0. The van der Waals surface area contributed by atoms with E-state index in [0.29, 0.717) is 0 Å². The summed E-state index contributed by atoms with van der Waals surface area (Å²) in [6, 6.07) is 8.12. The molecule has 1 aromatic carbocycles. The van der Waals surface area contributed by atoms with Crippen molar-refractivity contribution in [3.63, 3.8) is 0 Å². The highest BCUT2D eigenvalue weighted by atomic mass is 14.6. The molecular weight excluding hydrogens is 158 g/mol. The van der Waals surface area contributed by atoms with E-state index in [4.69, 9.17) is 5.73 Å². The van der Waals surface area contributed by atoms with Gasteiger partial charge in [-0.3, -0.25) is 0 Å². The number of nitrogens with two attached hydrogens (primary N) is 1. The molecule has 1 aliphatic rings. The first-order valence-corrected chi connectivity index (χ1v) is 4.72. The second-order valence-electron chi connectivity index (χ2n) is 3.41. The van der Waals surface area contributed by atoms with Gasteiger partial charge in [-0.15, -0.1) is 0 Å². The second kappa shape index (κ2) is 3.65. The fourth-order valence-electron chi connectivity index (χ4n) is 1.77. The number of allylic oxidation sites excluding steroid dienone is 2. The SMILES string of the molecule is Nc1ccccc1[C]1CC=CCC1. The zero-order valence-corrected chi connectivity index (χ0v) is 7.66. The van der Waals surface area contributed by atoms with E-state index in [2.05, 4.69) is 24.3 Å². The van der Waals surface area contributed by atoms with Gasteiger partial charge in [0.2, 0.25) is 0 Å². The van der Waals surface area contributed by atoms with Crippen molar-refractivity contribution in [3.05, 3.63) is 47.9 Å². The van der Waals surface area contributed by atoms with Crippen LogP contribution in [-0.4, -0.2) is 0 Å². The molecule has 1 nitrogen and oxygen atoms in total. The number of benzene rings is 1. The van der Waals surface area contributed by atoms with Gasteiger partial charge in [-0.05, 0) is 30.9 Å². The van der Waals surface area contributed by atoms with E-state index in [0.717, 1.165) is 24.9 Å². The summed E-state index contributed by atoms with van der Waals surface area (Å²) in [5.41, 5.74) is 8.06. The molecule has 0 aliphatic heterocycles. The molecule has 0 fully saturated rings. The third-order valence-corrected chi connectivity index (χ3v) is 2.49. The van der Waals surface area contributed by atoms with Crippen LogP contribution in [0.5, 0.6) is 0 Å². The molecular formula is C12H14N. The molecule has 0 saturated carbocycles. The maximum atomic E-state index is 5.91. The molecule has 1 radical (unpaired) electrons. The van der Waals surface area contributed by atoms with Crippen LogP contribution in [0.3, 0.4) is 0 Å². The number of nitrogen functional groups attached to an aromatic ring is 1. The van der Waals surface area contributed by atoms with E-state index in [9.17, 15) is 0 Å². The monoisotopic (exact) mass is 172 g/mol. The van der Waals surface area contributed by atoms with Crippen LogP contribution in [0.15, 0.2) is 36.4 Å². The van der Waals surface area contributed by atoms with Gasteiger partial charge in [-0.25, -0.2) is 0 Å². The highest BCUT2D eigenvalue weighted by molar-refractivity contribution is 5.54. The van der Waals surface area contributed by atoms with Crippen molar-refractivity contribution in [1.29, 1.82) is 0 Å². The smallest absolute Gasteiger partial charge is 0.0352 e. The third-order valence-electron chi connectivity index (χ3n) is 2.49. The molecule has 0 unspecified atom stereocenters. The van der Waals surface area contributed by atoms with Gasteiger partial charge in [0.15, 0.2) is 0 Å². The van der Waals surface area contributed by atoms with Crippen LogP contribution in [0.2, 0.25) is 0 Å². The van der Waals surface area contributed by atoms with Crippen molar-refractivity contribution in [2.24, 2.45) is 0 Å². The average Bonchev–Trinajstić information content (AvgIpc) is 2.20. The highest BCUT2D eigenvalue weighted by Crippen LogP contribution is 2.31. The first kappa shape index (κ1) is 8.36. The summed E-state index contributed by atoms with van der Waals surface area (Å²) in [5, 5.41) is 0. The first-order valence-electron chi connectivity index (χ1n) is 4.72. The summed E-state index contributed by atoms with van der Waals surface area (Å²) in [6.07, 6.45) is 7.84. The maximum absolute atomic E-state index is 5.91. The lowest BCUT2D eigenvalue weighted by atomic mass is 9.87. The highest BCUT2D eigenvalue weighted by Gasteiger charge is 2.14. The summed E-state index contributed by atoms with van der Waals surface area (Å²) < 4.78 is 0. The van der Waals surface area contributed by atoms with E-state index >= 15 is 0 Å². The van der Waals surface area contributed by atoms with Gasteiger partial charge in [0.1, 0.15) is 0 Å². The third kappa shape index (κ3) is 1.74. The standard InChI is InChI=1S/C12H14N/c13-12-9-5-4-8-11(12)10-6-2-1-3-7-10/h1-2,4-5,8-9H,3,6-7,13H2. The largest absolute Gasteiger partial charge is 0.398 e. The Bertz CT molecular complexity index is 315. The van der Waals surface area contributed by atoms with E-state index in [1.165, 1.54) is 11.5 Å². The zero-order chi connectivity index (χ0) is 9.10. The fourth-order valence-corrected chi connectivity index (χ4v) is 1.77.